The highest BCUT2D eigenvalue weighted by atomic mass is 35.5. The monoisotopic (exact) mass is 400 g/mol. The minimum atomic E-state index is -3.96. The van der Waals surface area contributed by atoms with Gasteiger partial charge in [-0.25, -0.2) is 13.4 Å². The molecule has 1 aromatic heterocycles. The van der Waals surface area contributed by atoms with Crippen LogP contribution in [0.4, 0.5) is 11.8 Å². The van der Waals surface area contributed by atoms with Gasteiger partial charge >= 0.3 is 0 Å². The molecule has 1 aliphatic heterocycles. The molecule has 2 aromatic rings. The Balaban J connectivity index is 2.02. The van der Waals surface area contributed by atoms with Gasteiger partial charge in [-0.05, 0) is 18.2 Å². The van der Waals surface area contributed by atoms with Crippen molar-refractivity contribution in [2.24, 2.45) is 0 Å². The fraction of sp³-hybridized carbons (Fsp3) is 0.333. The van der Waals surface area contributed by atoms with Gasteiger partial charge in [-0.2, -0.15) is 16.7 Å². The number of thioether (sulfide) groups is 1. The van der Waals surface area contributed by atoms with E-state index in [4.69, 9.17) is 22.1 Å². The van der Waals surface area contributed by atoms with Crippen LogP contribution in [-0.4, -0.2) is 50.1 Å². The molecule has 1 saturated heterocycles. The Morgan fingerprint density at radius 1 is 1.28 bits per heavy atom. The van der Waals surface area contributed by atoms with E-state index in [1.807, 2.05) is 16.7 Å². The van der Waals surface area contributed by atoms with E-state index in [0.29, 0.717) is 5.95 Å². The molecular weight excluding hydrogens is 384 g/mol. The minimum absolute atomic E-state index is 0.0695. The van der Waals surface area contributed by atoms with Gasteiger partial charge in [0.2, 0.25) is 15.8 Å². The van der Waals surface area contributed by atoms with E-state index < -0.39 is 9.84 Å². The number of anilines is 2. The van der Waals surface area contributed by atoms with Gasteiger partial charge in [0.05, 0.1) is 13.3 Å². The molecule has 2 heterocycles. The van der Waals surface area contributed by atoms with Crippen molar-refractivity contribution in [1.82, 2.24) is 9.97 Å². The van der Waals surface area contributed by atoms with Crippen LogP contribution in [0.2, 0.25) is 5.02 Å². The van der Waals surface area contributed by atoms with Crippen LogP contribution < -0.4 is 15.4 Å². The molecular formula is C15H17ClN4O3S2. The maximum atomic E-state index is 13.0. The van der Waals surface area contributed by atoms with Gasteiger partial charge in [0.15, 0.2) is 0 Å². The average Bonchev–Trinajstić information content (AvgIpc) is 2.62. The van der Waals surface area contributed by atoms with Crippen molar-refractivity contribution in [2.75, 3.05) is 42.3 Å². The van der Waals surface area contributed by atoms with Crippen LogP contribution in [0, 0.1) is 0 Å². The Hall–Kier alpha value is -1.71. The number of methoxy groups -OCH3 is 1. The van der Waals surface area contributed by atoms with Crippen molar-refractivity contribution in [3.8, 4) is 5.75 Å². The molecule has 0 atom stereocenters. The van der Waals surface area contributed by atoms with Crippen molar-refractivity contribution in [2.45, 2.75) is 9.79 Å². The first-order valence-corrected chi connectivity index (χ1v) is 10.5. The number of nitrogen functional groups attached to an aromatic ring is 1. The Morgan fingerprint density at radius 2 is 2.00 bits per heavy atom. The maximum absolute atomic E-state index is 13.0. The molecule has 1 fully saturated rings. The molecule has 2 N–H and O–H groups in total. The second-order valence-electron chi connectivity index (χ2n) is 5.32. The molecule has 134 valence electrons. The first-order valence-electron chi connectivity index (χ1n) is 7.47. The molecule has 7 nitrogen and oxygen atoms in total. The van der Waals surface area contributed by atoms with Crippen molar-refractivity contribution in [1.29, 1.82) is 0 Å². The number of nitrogens with two attached hydrogens (primary N) is 1. The molecule has 0 amide bonds. The highest BCUT2D eigenvalue weighted by Crippen LogP contribution is 2.33. The van der Waals surface area contributed by atoms with Crippen LogP contribution in [0.1, 0.15) is 0 Å². The third-order valence-corrected chi connectivity index (χ3v) is 6.74. The van der Waals surface area contributed by atoms with Gasteiger partial charge in [-0.1, -0.05) is 11.6 Å². The molecule has 25 heavy (non-hydrogen) atoms. The number of hydrogen-bond donors (Lipinski definition) is 1. The second-order valence-corrected chi connectivity index (χ2v) is 8.87. The molecule has 0 spiro atoms. The Bertz CT molecular complexity index is 886. The molecule has 0 unspecified atom stereocenters. The van der Waals surface area contributed by atoms with Gasteiger partial charge < -0.3 is 15.4 Å². The van der Waals surface area contributed by atoms with E-state index in [9.17, 15) is 8.42 Å². The average molecular weight is 401 g/mol. The van der Waals surface area contributed by atoms with Crippen molar-refractivity contribution >= 4 is 45.0 Å². The van der Waals surface area contributed by atoms with Crippen LogP contribution in [0.15, 0.2) is 34.2 Å². The zero-order valence-electron chi connectivity index (χ0n) is 13.5. The summed E-state index contributed by atoms with van der Waals surface area (Å²) in [6.07, 6.45) is 1.25. The van der Waals surface area contributed by atoms with E-state index in [0.717, 1.165) is 24.6 Å². The molecule has 1 aliphatic rings. The Morgan fingerprint density at radius 3 is 2.64 bits per heavy atom. The van der Waals surface area contributed by atoms with Crippen LogP contribution in [0.3, 0.4) is 0 Å². The highest BCUT2D eigenvalue weighted by molar-refractivity contribution is 7.99. The quantitative estimate of drug-likeness (QED) is 0.833. The smallest absolute Gasteiger partial charge is 0.227 e. The normalized spacial score (nSPS) is 15.2. The standard InChI is InChI=1S/C15H17ClN4O3S2/c1-23-11-3-2-10(16)8-12(11)25(21,22)13-9-18-15(19-14(13)17)20-4-6-24-7-5-20/h2-3,8-9H,4-7H2,1H3,(H2,17,18,19). The number of halogens is 1. The summed E-state index contributed by atoms with van der Waals surface area (Å²) in [5, 5.41) is 0.279. The van der Waals surface area contributed by atoms with Gasteiger partial charge in [0.25, 0.3) is 0 Å². The SMILES string of the molecule is COc1ccc(Cl)cc1S(=O)(=O)c1cnc(N2CCSCC2)nc1N. The summed E-state index contributed by atoms with van der Waals surface area (Å²) < 4.78 is 31.1. The predicted octanol–water partition coefficient (Wildman–Crippen LogP) is 2.11. The van der Waals surface area contributed by atoms with E-state index in [1.54, 1.807) is 6.07 Å². The lowest BCUT2D eigenvalue weighted by Gasteiger charge is -2.26. The first-order chi connectivity index (χ1) is 11.9. The molecule has 0 saturated carbocycles. The Kier molecular flexibility index (Phi) is 5.26. The molecule has 0 aliphatic carbocycles. The van der Waals surface area contributed by atoms with Crippen LogP contribution >= 0.6 is 23.4 Å². The highest BCUT2D eigenvalue weighted by Gasteiger charge is 2.27. The van der Waals surface area contributed by atoms with Crippen LogP contribution in [0.5, 0.6) is 5.75 Å². The summed E-state index contributed by atoms with van der Waals surface area (Å²) in [5.74, 6) is 2.48. The summed E-state index contributed by atoms with van der Waals surface area (Å²) in [4.78, 5) is 10.2. The zero-order valence-corrected chi connectivity index (χ0v) is 15.9. The molecule has 1 aromatic carbocycles. The molecule has 0 radical (unpaired) electrons. The van der Waals surface area contributed by atoms with E-state index >= 15 is 0 Å². The summed E-state index contributed by atoms with van der Waals surface area (Å²) in [6, 6.07) is 4.37. The summed E-state index contributed by atoms with van der Waals surface area (Å²) in [5.41, 5.74) is 5.95. The number of ether oxygens (including phenoxy) is 1. The lowest BCUT2D eigenvalue weighted by atomic mass is 10.3. The van der Waals surface area contributed by atoms with Gasteiger partial charge in [0, 0.05) is 29.6 Å². The first kappa shape index (κ1) is 18.1. The second kappa shape index (κ2) is 7.27. The van der Waals surface area contributed by atoms with Crippen LogP contribution in [-0.2, 0) is 9.84 Å². The van der Waals surface area contributed by atoms with Gasteiger partial charge in [-0.3, -0.25) is 0 Å². The zero-order chi connectivity index (χ0) is 18.0. The minimum Gasteiger partial charge on any atom is -0.495 e. The van der Waals surface area contributed by atoms with Gasteiger partial charge in [0.1, 0.15) is 21.4 Å². The van der Waals surface area contributed by atoms with E-state index in [2.05, 4.69) is 9.97 Å². The number of rotatable bonds is 4. The number of hydrogen-bond acceptors (Lipinski definition) is 8. The number of aromatic nitrogens is 2. The van der Waals surface area contributed by atoms with Crippen molar-refractivity contribution in [3.05, 3.63) is 29.4 Å². The summed E-state index contributed by atoms with van der Waals surface area (Å²) >= 11 is 7.80. The number of benzene rings is 1. The van der Waals surface area contributed by atoms with Crippen LogP contribution in [0.25, 0.3) is 0 Å². The largest absolute Gasteiger partial charge is 0.495 e. The lowest BCUT2D eigenvalue weighted by molar-refractivity contribution is 0.402. The van der Waals surface area contributed by atoms with Crippen molar-refractivity contribution < 1.29 is 13.2 Å². The molecule has 0 bridgehead atoms. The summed E-state index contributed by atoms with van der Waals surface area (Å²) in [7, 11) is -2.58. The fourth-order valence-corrected chi connectivity index (χ4v) is 5.06. The predicted molar refractivity (Wildman–Crippen MR) is 99.4 cm³/mol. The third kappa shape index (κ3) is 3.63. The number of sulfone groups is 1. The van der Waals surface area contributed by atoms with E-state index in [1.165, 1.54) is 25.4 Å². The lowest BCUT2D eigenvalue weighted by Crippen LogP contribution is -2.34. The van der Waals surface area contributed by atoms with Gasteiger partial charge in [-0.15, -0.1) is 0 Å². The molecule has 3 rings (SSSR count). The molecule has 10 heteroatoms. The summed E-state index contributed by atoms with van der Waals surface area (Å²) in [6.45, 7) is 1.61. The van der Waals surface area contributed by atoms with Crippen molar-refractivity contribution in [3.63, 3.8) is 0 Å². The fourth-order valence-electron chi connectivity index (χ4n) is 2.48. The number of nitrogens with zero attached hydrogens (tertiary/aromatic N) is 3. The third-order valence-electron chi connectivity index (χ3n) is 3.77. The maximum Gasteiger partial charge on any atom is 0.227 e. The topological polar surface area (TPSA) is 98.4 Å². The Labute approximate surface area is 155 Å². The van der Waals surface area contributed by atoms with E-state index in [-0.39, 0.29) is 26.4 Å².